The first-order valence-corrected chi connectivity index (χ1v) is 7.13. The molecule has 3 aromatic heterocycles. The molecule has 116 valence electrons. The number of carbonyl (C=O) groups is 1. The molecule has 0 fully saturated rings. The molecule has 0 bridgehead atoms. The highest BCUT2D eigenvalue weighted by Gasteiger charge is 2.11. The number of aromatic nitrogens is 3. The van der Waals surface area contributed by atoms with Gasteiger partial charge in [-0.05, 0) is 36.8 Å². The number of esters is 1. The average Bonchev–Trinajstić information content (AvgIpc) is 2.63. The second-order valence-corrected chi connectivity index (χ2v) is 5.04. The van der Waals surface area contributed by atoms with Crippen LogP contribution in [0.15, 0.2) is 55.0 Å². The third-order valence-corrected chi connectivity index (χ3v) is 3.24. The van der Waals surface area contributed by atoms with E-state index in [0.29, 0.717) is 5.56 Å². The van der Waals surface area contributed by atoms with Gasteiger partial charge < -0.3 is 4.74 Å². The summed E-state index contributed by atoms with van der Waals surface area (Å²) in [5, 5.41) is 8.71. The van der Waals surface area contributed by atoms with Gasteiger partial charge in [-0.25, -0.2) is 14.8 Å². The van der Waals surface area contributed by atoms with Crippen molar-refractivity contribution in [1.82, 2.24) is 15.0 Å². The summed E-state index contributed by atoms with van der Waals surface area (Å²) in [4.78, 5) is 24.4. The second-order valence-electron chi connectivity index (χ2n) is 5.04. The fraction of sp³-hybridized carbons (Fsp3) is 0.0556. The zero-order chi connectivity index (χ0) is 16.9. The predicted molar refractivity (Wildman–Crippen MR) is 86.1 cm³/mol. The first-order valence-electron chi connectivity index (χ1n) is 7.13. The number of nitriles is 1. The molecule has 3 rings (SSSR count). The SMILES string of the molecule is Cc1ccc(-c2ccc(C(=O)Oc3ccc(C#N)cn3)nc2)nc1. The zero-order valence-corrected chi connectivity index (χ0v) is 12.8. The van der Waals surface area contributed by atoms with Crippen molar-refractivity contribution in [3.05, 3.63) is 71.8 Å². The fourth-order valence-corrected chi connectivity index (χ4v) is 1.96. The van der Waals surface area contributed by atoms with Crippen molar-refractivity contribution in [2.24, 2.45) is 0 Å². The highest BCUT2D eigenvalue weighted by Crippen LogP contribution is 2.17. The third kappa shape index (κ3) is 3.42. The highest BCUT2D eigenvalue weighted by atomic mass is 16.5. The lowest BCUT2D eigenvalue weighted by Gasteiger charge is -2.04. The Morgan fingerprint density at radius 3 is 2.46 bits per heavy atom. The summed E-state index contributed by atoms with van der Waals surface area (Å²) >= 11 is 0. The normalized spacial score (nSPS) is 10.0. The van der Waals surface area contributed by atoms with E-state index in [1.807, 2.05) is 25.1 Å². The minimum atomic E-state index is -0.615. The van der Waals surface area contributed by atoms with Gasteiger partial charge in [0.2, 0.25) is 5.88 Å². The largest absolute Gasteiger partial charge is 0.403 e. The maximum absolute atomic E-state index is 12.1. The smallest absolute Gasteiger partial charge is 0.363 e. The van der Waals surface area contributed by atoms with Gasteiger partial charge in [0, 0.05) is 30.2 Å². The van der Waals surface area contributed by atoms with Gasteiger partial charge in [-0.2, -0.15) is 5.26 Å². The Kier molecular flexibility index (Phi) is 4.25. The van der Waals surface area contributed by atoms with Crippen molar-refractivity contribution in [3.8, 4) is 23.2 Å². The van der Waals surface area contributed by atoms with Crippen LogP contribution < -0.4 is 4.74 Å². The van der Waals surface area contributed by atoms with E-state index < -0.39 is 5.97 Å². The van der Waals surface area contributed by atoms with Gasteiger partial charge in [-0.3, -0.25) is 4.98 Å². The first kappa shape index (κ1) is 15.3. The van der Waals surface area contributed by atoms with Crippen LogP contribution in [0, 0.1) is 18.3 Å². The lowest BCUT2D eigenvalue weighted by atomic mass is 10.1. The van der Waals surface area contributed by atoms with E-state index in [0.717, 1.165) is 16.8 Å². The Bertz CT molecular complexity index is 896. The second kappa shape index (κ2) is 6.67. The molecule has 3 heterocycles. The molecule has 0 aromatic carbocycles. The van der Waals surface area contributed by atoms with Crippen molar-refractivity contribution < 1.29 is 9.53 Å². The van der Waals surface area contributed by atoms with Crippen LogP contribution in [0.2, 0.25) is 0 Å². The lowest BCUT2D eigenvalue weighted by Crippen LogP contribution is -2.11. The summed E-state index contributed by atoms with van der Waals surface area (Å²) in [6, 6.07) is 12.1. The molecule has 24 heavy (non-hydrogen) atoms. The summed E-state index contributed by atoms with van der Waals surface area (Å²) in [7, 11) is 0. The Labute approximate surface area is 138 Å². The van der Waals surface area contributed by atoms with Crippen LogP contribution in [0.3, 0.4) is 0 Å². The summed E-state index contributed by atoms with van der Waals surface area (Å²) < 4.78 is 5.12. The number of ether oxygens (including phenoxy) is 1. The summed E-state index contributed by atoms with van der Waals surface area (Å²) in [5.41, 5.74) is 3.21. The van der Waals surface area contributed by atoms with E-state index in [4.69, 9.17) is 10.00 Å². The summed E-state index contributed by atoms with van der Waals surface area (Å²) in [6.07, 6.45) is 4.68. The standard InChI is InChI=1S/C18H12N4O2/c1-12-2-5-15(20-9-12)14-4-6-16(21-11-14)18(23)24-17-7-3-13(8-19)10-22-17/h2-7,9-11H,1H3. The van der Waals surface area contributed by atoms with Crippen LogP contribution in [0.1, 0.15) is 21.6 Å². The number of rotatable bonds is 3. The van der Waals surface area contributed by atoms with Gasteiger partial charge in [0.05, 0.1) is 11.3 Å². The Morgan fingerprint density at radius 1 is 1.00 bits per heavy atom. The lowest BCUT2D eigenvalue weighted by molar-refractivity contribution is 0.0721. The molecule has 6 heteroatoms. The molecule has 3 aromatic rings. The van der Waals surface area contributed by atoms with E-state index in [9.17, 15) is 4.79 Å². The Hall–Kier alpha value is -3.59. The molecule has 0 aliphatic carbocycles. The number of hydrogen-bond donors (Lipinski definition) is 0. The molecule has 0 aliphatic heterocycles. The van der Waals surface area contributed by atoms with E-state index >= 15 is 0 Å². The molecule has 0 atom stereocenters. The molecule has 0 saturated carbocycles. The minimum absolute atomic E-state index is 0.116. The van der Waals surface area contributed by atoms with Gasteiger partial charge in [0.25, 0.3) is 0 Å². The molecule has 0 radical (unpaired) electrons. The van der Waals surface area contributed by atoms with Crippen molar-refractivity contribution >= 4 is 5.97 Å². The number of nitrogens with zero attached hydrogens (tertiary/aromatic N) is 4. The Morgan fingerprint density at radius 2 is 1.88 bits per heavy atom. The molecule has 6 nitrogen and oxygen atoms in total. The maximum atomic E-state index is 12.1. The number of pyridine rings is 3. The van der Waals surface area contributed by atoms with Crippen molar-refractivity contribution in [1.29, 1.82) is 5.26 Å². The molecule has 0 aliphatic rings. The van der Waals surface area contributed by atoms with Gasteiger partial charge in [0.15, 0.2) is 0 Å². The fourth-order valence-electron chi connectivity index (χ4n) is 1.96. The summed E-state index contributed by atoms with van der Waals surface area (Å²) in [5.74, 6) is -0.499. The maximum Gasteiger partial charge on any atom is 0.363 e. The number of hydrogen-bond acceptors (Lipinski definition) is 6. The van der Waals surface area contributed by atoms with Gasteiger partial charge >= 0.3 is 5.97 Å². The Balaban J connectivity index is 1.73. The molecule has 0 spiro atoms. The van der Waals surface area contributed by atoms with Crippen LogP contribution in [0.5, 0.6) is 5.88 Å². The zero-order valence-electron chi connectivity index (χ0n) is 12.8. The monoisotopic (exact) mass is 316 g/mol. The van der Waals surface area contributed by atoms with Crippen LogP contribution in [0.25, 0.3) is 11.3 Å². The minimum Gasteiger partial charge on any atom is -0.403 e. The van der Waals surface area contributed by atoms with E-state index in [-0.39, 0.29) is 11.6 Å². The molecule has 0 amide bonds. The van der Waals surface area contributed by atoms with Crippen LogP contribution in [0.4, 0.5) is 0 Å². The summed E-state index contributed by atoms with van der Waals surface area (Å²) in [6.45, 7) is 1.96. The quantitative estimate of drug-likeness (QED) is 0.690. The first-order chi connectivity index (χ1) is 11.7. The molecular weight excluding hydrogens is 304 g/mol. The molecule has 0 unspecified atom stereocenters. The van der Waals surface area contributed by atoms with Gasteiger partial charge in [-0.1, -0.05) is 6.07 Å². The van der Waals surface area contributed by atoms with Gasteiger partial charge in [0.1, 0.15) is 11.8 Å². The van der Waals surface area contributed by atoms with E-state index in [2.05, 4.69) is 15.0 Å². The third-order valence-electron chi connectivity index (χ3n) is 3.24. The number of aryl methyl sites for hydroxylation is 1. The van der Waals surface area contributed by atoms with E-state index in [1.165, 1.54) is 18.3 Å². The van der Waals surface area contributed by atoms with Crippen molar-refractivity contribution in [2.75, 3.05) is 0 Å². The number of carbonyl (C=O) groups excluding carboxylic acids is 1. The van der Waals surface area contributed by atoms with Crippen LogP contribution in [-0.4, -0.2) is 20.9 Å². The topological polar surface area (TPSA) is 88.8 Å². The molecular formula is C18H12N4O2. The van der Waals surface area contributed by atoms with Crippen molar-refractivity contribution in [2.45, 2.75) is 6.92 Å². The van der Waals surface area contributed by atoms with Crippen LogP contribution in [-0.2, 0) is 0 Å². The molecule has 0 saturated heterocycles. The molecule has 0 N–H and O–H groups in total. The van der Waals surface area contributed by atoms with E-state index in [1.54, 1.807) is 24.5 Å². The predicted octanol–water partition coefficient (Wildman–Crippen LogP) is 2.94. The average molecular weight is 316 g/mol. The van der Waals surface area contributed by atoms with Gasteiger partial charge in [-0.15, -0.1) is 0 Å². The van der Waals surface area contributed by atoms with Crippen LogP contribution >= 0.6 is 0 Å². The van der Waals surface area contributed by atoms with Crippen molar-refractivity contribution in [3.63, 3.8) is 0 Å². The highest BCUT2D eigenvalue weighted by molar-refractivity contribution is 5.89.